The Labute approximate surface area is 175 Å². The van der Waals surface area contributed by atoms with E-state index in [0.717, 1.165) is 30.6 Å². The highest BCUT2D eigenvalue weighted by atomic mass is 32.2. The van der Waals surface area contributed by atoms with Crippen LogP contribution in [-0.2, 0) is 16.6 Å². The van der Waals surface area contributed by atoms with E-state index in [1.54, 1.807) is 34.8 Å². The molecule has 4 aromatic rings. The van der Waals surface area contributed by atoms with Crippen molar-refractivity contribution in [3.63, 3.8) is 0 Å². The molecule has 0 unspecified atom stereocenters. The zero-order valence-electron chi connectivity index (χ0n) is 16.5. The molecule has 0 atom stereocenters. The molecule has 0 saturated carbocycles. The van der Waals surface area contributed by atoms with E-state index in [-0.39, 0.29) is 0 Å². The van der Waals surface area contributed by atoms with E-state index in [9.17, 15) is 8.42 Å². The van der Waals surface area contributed by atoms with Gasteiger partial charge in [-0.3, -0.25) is 0 Å². The van der Waals surface area contributed by atoms with Gasteiger partial charge in [-0.2, -0.15) is 19.7 Å². The zero-order chi connectivity index (χ0) is 20.6. The Bertz CT molecular complexity index is 1240. The van der Waals surface area contributed by atoms with E-state index < -0.39 is 10.0 Å². The smallest absolute Gasteiger partial charge is 0.243 e. The van der Waals surface area contributed by atoms with Crippen LogP contribution in [0, 0.1) is 5.92 Å². The van der Waals surface area contributed by atoms with Crippen molar-refractivity contribution in [2.75, 3.05) is 13.1 Å². The van der Waals surface area contributed by atoms with Gasteiger partial charge in [0.05, 0.1) is 11.1 Å². The van der Waals surface area contributed by atoms with E-state index in [1.807, 2.05) is 6.07 Å². The fourth-order valence-electron chi connectivity index (χ4n) is 4.21. The van der Waals surface area contributed by atoms with Crippen molar-refractivity contribution >= 4 is 20.9 Å². The molecule has 5 rings (SSSR count). The lowest BCUT2D eigenvalue weighted by atomic mass is 9.98. The molecule has 7 nitrogen and oxygen atoms in total. The van der Waals surface area contributed by atoms with Crippen molar-refractivity contribution in [2.24, 2.45) is 5.92 Å². The van der Waals surface area contributed by atoms with Crippen LogP contribution in [0.15, 0.2) is 71.9 Å². The van der Waals surface area contributed by atoms with Crippen LogP contribution in [0.1, 0.15) is 12.8 Å². The summed E-state index contributed by atoms with van der Waals surface area (Å²) in [4.78, 5) is 0.378. The predicted molar refractivity (Wildman–Crippen MR) is 115 cm³/mol. The highest BCUT2D eigenvalue weighted by Gasteiger charge is 2.29. The largest absolute Gasteiger partial charge is 0.347 e. The van der Waals surface area contributed by atoms with Gasteiger partial charge in [0.25, 0.3) is 0 Å². The van der Waals surface area contributed by atoms with Crippen molar-refractivity contribution in [1.29, 1.82) is 0 Å². The maximum absolute atomic E-state index is 12.8. The number of sulfonamides is 1. The number of aromatic nitrogens is 4. The van der Waals surface area contributed by atoms with Crippen LogP contribution in [0.3, 0.4) is 0 Å². The van der Waals surface area contributed by atoms with Crippen molar-refractivity contribution in [3.05, 3.63) is 67.0 Å². The molecule has 2 aromatic heterocycles. The first-order chi connectivity index (χ1) is 14.6. The molecule has 0 spiro atoms. The van der Waals surface area contributed by atoms with Crippen LogP contribution in [0.5, 0.6) is 0 Å². The summed E-state index contributed by atoms with van der Waals surface area (Å²) in [5.74, 6) is 0.457. The number of piperidine rings is 1. The van der Waals surface area contributed by atoms with Gasteiger partial charge in [0, 0.05) is 42.3 Å². The Balaban J connectivity index is 1.27. The molecule has 0 bridgehead atoms. The molecular weight excluding hydrogens is 398 g/mol. The fraction of sp³-hybridized carbons (Fsp3) is 0.273. The van der Waals surface area contributed by atoms with Gasteiger partial charge >= 0.3 is 0 Å². The minimum absolute atomic E-state index is 0.378. The van der Waals surface area contributed by atoms with Crippen LogP contribution in [0.25, 0.3) is 22.2 Å². The number of aromatic amines is 1. The Hall–Kier alpha value is -2.97. The summed E-state index contributed by atoms with van der Waals surface area (Å²) >= 11 is 0. The average Bonchev–Trinajstić information content (AvgIpc) is 3.45. The van der Waals surface area contributed by atoms with E-state index in [1.165, 1.54) is 10.9 Å². The van der Waals surface area contributed by atoms with Gasteiger partial charge in [-0.15, -0.1) is 0 Å². The van der Waals surface area contributed by atoms with Crippen molar-refractivity contribution in [1.82, 2.24) is 24.3 Å². The predicted octanol–water partition coefficient (Wildman–Crippen LogP) is 3.53. The highest BCUT2D eigenvalue weighted by molar-refractivity contribution is 7.89. The second-order valence-electron chi connectivity index (χ2n) is 7.76. The Morgan fingerprint density at radius 3 is 2.57 bits per heavy atom. The lowest BCUT2D eigenvalue weighted by Gasteiger charge is -2.31. The lowest BCUT2D eigenvalue weighted by Crippen LogP contribution is -2.39. The summed E-state index contributed by atoms with van der Waals surface area (Å²) in [7, 11) is -3.40. The van der Waals surface area contributed by atoms with Gasteiger partial charge in [0.2, 0.25) is 10.0 Å². The molecule has 2 aromatic carbocycles. The Morgan fingerprint density at radius 2 is 1.83 bits per heavy atom. The summed E-state index contributed by atoms with van der Waals surface area (Å²) in [6.07, 6.45) is 5.56. The summed E-state index contributed by atoms with van der Waals surface area (Å²) in [5, 5.41) is 11.8. The maximum Gasteiger partial charge on any atom is 0.243 e. The minimum Gasteiger partial charge on any atom is -0.347 e. The number of rotatable bonds is 5. The van der Waals surface area contributed by atoms with Gasteiger partial charge in [0.1, 0.15) is 5.69 Å². The molecule has 1 N–H and O–H groups in total. The Morgan fingerprint density at radius 1 is 1.03 bits per heavy atom. The van der Waals surface area contributed by atoms with E-state index in [2.05, 4.69) is 50.4 Å². The lowest BCUT2D eigenvalue weighted by molar-refractivity contribution is 0.254. The molecule has 3 heterocycles. The molecule has 1 fully saturated rings. The standard InChI is InChI=1S/C22H23N5O2S/c28-30(29,20-4-2-1-3-5-20)27-12-8-17(9-13-27)16-26-11-10-19-14-18(6-7-22(19)26)21-15-23-25-24-21/h1-7,10-11,14-15,17H,8-9,12-13,16H2,(H,23,24,25). The van der Waals surface area contributed by atoms with Gasteiger partial charge in [0.15, 0.2) is 0 Å². The molecule has 0 amide bonds. The number of H-pyrrole nitrogens is 1. The summed E-state index contributed by atoms with van der Waals surface area (Å²) in [5.41, 5.74) is 3.05. The van der Waals surface area contributed by atoms with Crippen LogP contribution >= 0.6 is 0 Å². The fourth-order valence-corrected chi connectivity index (χ4v) is 5.70. The third-order valence-corrected chi connectivity index (χ3v) is 7.80. The van der Waals surface area contributed by atoms with E-state index in [4.69, 9.17) is 0 Å². The highest BCUT2D eigenvalue weighted by Crippen LogP contribution is 2.28. The SMILES string of the molecule is O=S(=O)(c1ccccc1)N1CCC(Cn2ccc3cc(-c4cn[nH]n4)ccc32)CC1. The number of fused-ring (bicyclic) bond motifs is 1. The van der Waals surface area contributed by atoms with Crippen molar-refractivity contribution in [3.8, 4) is 11.3 Å². The van der Waals surface area contributed by atoms with Crippen LogP contribution in [0.4, 0.5) is 0 Å². The van der Waals surface area contributed by atoms with Gasteiger partial charge in [-0.05, 0) is 49.1 Å². The maximum atomic E-state index is 12.8. The second kappa shape index (κ2) is 7.70. The first-order valence-corrected chi connectivity index (χ1v) is 11.6. The van der Waals surface area contributed by atoms with Gasteiger partial charge < -0.3 is 4.57 Å². The van der Waals surface area contributed by atoms with Crippen molar-refractivity contribution in [2.45, 2.75) is 24.3 Å². The molecular formula is C22H23N5O2S. The second-order valence-corrected chi connectivity index (χ2v) is 9.70. The molecule has 8 heteroatoms. The Kier molecular flexibility index (Phi) is 4.88. The quantitative estimate of drug-likeness (QED) is 0.534. The molecule has 0 aliphatic carbocycles. The number of nitrogens with one attached hydrogen (secondary N) is 1. The molecule has 1 aliphatic rings. The topological polar surface area (TPSA) is 83.9 Å². The average molecular weight is 422 g/mol. The van der Waals surface area contributed by atoms with Crippen molar-refractivity contribution < 1.29 is 8.42 Å². The summed E-state index contributed by atoms with van der Waals surface area (Å²) in [6.45, 7) is 2.03. The summed E-state index contributed by atoms with van der Waals surface area (Å²) < 4.78 is 29.5. The molecule has 0 radical (unpaired) electrons. The van der Waals surface area contributed by atoms with E-state index >= 15 is 0 Å². The third-order valence-electron chi connectivity index (χ3n) is 5.89. The van der Waals surface area contributed by atoms with Crippen LogP contribution < -0.4 is 0 Å². The molecule has 30 heavy (non-hydrogen) atoms. The van der Waals surface area contributed by atoms with Crippen LogP contribution in [0.2, 0.25) is 0 Å². The third kappa shape index (κ3) is 3.53. The summed E-state index contributed by atoms with van der Waals surface area (Å²) in [6, 6.07) is 17.1. The minimum atomic E-state index is -3.40. The molecule has 1 aliphatic heterocycles. The molecule has 1 saturated heterocycles. The van der Waals surface area contributed by atoms with Gasteiger partial charge in [-0.1, -0.05) is 24.3 Å². The zero-order valence-corrected chi connectivity index (χ0v) is 17.3. The van der Waals surface area contributed by atoms with Gasteiger partial charge in [-0.25, -0.2) is 8.42 Å². The number of hydrogen-bond acceptors (Lipinski definition) is 4. The number of benzene rings is 2. The molecule has 154 valence electrons. The number of hydrogen-bond donors (Lipinski definition) is 1. The normalized spacial score (nSPS) is 16.3. The monoisotopic (exact) mass is 421 g/mol. The number of nitrogens with zero attached hydrogens (tertiary/aromatic N) is 4. The first kappa shape index (κ1) is 19.0. The van der Waals surface area contributed by atoms with Crippen LogP contribution in [-0.4, -0.2) is 45.8 Å². The van der Waals surface area contributed by atoms with E-state index in [0.29, 0.717) is 23.9 Å². The first-order valence-electron chi connectivity index (χ1n) is 10.1.